The highest BCUT2D eigenvalue weighted by atomic mass is 35.5. The first-order chi connectivity index (χ1) is 12.3. The minimum Gasteiger partial charge on any atom is -0.378 e. The standard InChI is InChI=1S/C16H14ClF3N4O2/c17-10-1-2-12(11(7-10)16(18,19)20)23-14-9-21-13(8-22-14)15(25)24-3-5-26-6-4-24/h1-2,7-9H,3-6H2,(H,22,23). The molecule has 1 fully saturated rings. The smallest absolute Gasteiger partial charge is 0.378 e. The van der Waals surface area contributed by atoms with E-state index in [2.05, 4.69) is 15.3 Å². The fourth-order valence-corrected chi connectivity index (χ4v) is 2.60. The van der Waals surface area contributed by atoms with Crippen LogP contribution in [-0.4, -0.2) is 47.1 Å². The van der Waals surface area contributed by atoms with E-state index in [0.717, 1.165) is 6.07 Å². The summed E-state index contributed by atoms with van der Waals surface area (Å²) in [7, 11) is 0. The summed E-state index contributed by atoms with van der Waals surface area (Å²) >= 11 is 5.65. The topological polar surface area (TPSA) is 67.4 Å². The van der Waals surface area contributed by atoms with E-state index < -0.39 is 11.7 Å². The molecule has 0 radical (unpaired) electrons. The normalized spacial score (nSPS) is 15.0. The highest BCUT2D eigenvalue weighted by Gasteiger charge is 2.34. The van der Waals surface area contributed by atoms with E-state index in [1.807, 2.05) is 0 Å². The van der Waals surface area contributed by atoms with E-state index >= 15 is 0 Å². The summed E-state index contributed by atoms with van der Waals surface area (Å²) in [5.74, 6) is -0.217. The van der Waals surface area contributed by atoms with Crippen LogP contribution < -0.4 is 5.32 Å². The number of amides is 1. The molecule has 0 saturated carbocycles. The van der Waals surface area contributed by atoms with Gasteiger partial charge in [0.2, 0.25) is 0 Å². The Hall–Kier alpha value is -2.39. The van der Waals surface area contributed by atoms with Crippen molar-refractivity contribution in [2.45, 2.75) is 6.18 Å². The second-order valence-corrected chi connectivity index (χ2v) is 5.94. The average molecular weight is 387 g/mol. The van der Waals surface area contributed by atoms with Crippen LogP contribution in [0.15, 0.2) is 30.6 Å². The molecule has 10 heteroatoms. The Balaban J connectivity index is 1.77. The van der Waals surface area contributed by atoms with Gasteiger partial charge in [0.1, 0.15) is 11.5 Å². The van der Waals surface area contributed by atoms with Crippen molar-refractivity contribution in [3.63, 3.8) is 0 Å². The summed E-state index contributed by atoms with van der Waals surface area (Å²) in [6.45, 7) is 1.83. The van der Waals surface area contributed by atoms with Crippen LogP contribution in [0.1, 0.15) is 16.1 Å². The minimum absolute atomic E-state index is 0.0274. The number of carbonyl (C=O) groups is 1. The van der Waals surface area contributed by atoms with E-state index in [-0.39, 0.29) is 28.1 Å². The summed E-state index contributed by atoms with van der Waals surface area (Å²) in [5, 5.41) is 2.53. The van der Waals surface area contributed by atoms with Crippen LogP contribution >= 0.6 is 11.6 Å². The molecule has 2 aromatic rings. The predicted molar refractivity (Wildman–Crippen MR) is 88.5 cm³/mol. The molecule has 1 aromatic carbocycles. The Morgan fingerprint density at radius 3 is 2.54 bits per heavy atom. The molecule has 0 bridgehead atoms. The molecule has 3 rings (SSSR count). The molecule has 26 heavy (non-hydrogen) atoms. The fraction of sp³-hybridized carbons (Fsp3) is 0.312. The number of morpholine rings is 1. The number of alkyl halides is 3. The van der Waals surface area contributed by atoms with Crippen LogP contribution in [0.25, 0.3) is 0 Å². The number of halogens is 4. The van der Waals surface area contributed by atoms with Crippen LogP contribution in [0.5, 0.6) is 0 Å². The summed E-state index contributed by atoms with van der Waals surface area (Å²) in [4.78, 5) is 21.8. The van der Waals surface area contributed by atoms with E-state index in [1.54, 1.807) is 4.90 Å². The maximum atomic E-state index is 13.1. The molecular weight excluding hydrogens is 373 g/mol. The summed E-state index contributed by atoms with van der Waals surface area (Å²) < 4.78 is 44.5. The van der Waals surface area contributed by atoms with Gasteiger partial charge in [0.25, 0.3) is 5.91 Å². The van der Waals surface area contributed by atoms with Gasteiger partial charge >= 0.3 is 6.18 Å². The van der Waals surface area contributed by atoms with Crippen LogP contribution in [0.3, 0.4) is 0 Å². The lowest BCUT2D eigenvalue weighted by atomic mass is 10.1. The maximum Gasteiger partial charge on any atom is 0.418 e. The third-order valence-electron chi connectivity index (χ3n) is 3.72. The highest BCUT2D eigenvalue weighted by Crippen LogP contribution is 2.37. The first-order valence-corrected chi connectivity index (χ1v) is 8.05. The van der Waals surface area contributed by atoms with Gasteiger partial charge in [-0.25, -0.2) is 9.97 Å². The van der Waals surface area contributed by atoms with E-state index in [0.29, 0.717) is 26.3 Å². The highest BCUT2D eigenvalue weighted by molar-refractivity contribution is 6.30. The summed E-state index contributed by atoms with van der Waals surface area (Å²) in [5.41, 5.74) is -1.01. The Bertz CT molecular complexity index is 793. The number of carbonyl (C=O) groups excluding carboxylic acids is 1. The molecule has 0 unspecified atom stereocenters. The molecule has 1 saturated heterocycles. The van der Waals surface area contributed by atoms with Crippen molar-refractivity contribution in [1.29, 1.82) is 0 Å². The van der Waals surface area contributed by atoms with Gasteiger partial charge in [-0.2, -0.15) is 13.2 Å². The van der Waals surface area contributed by atoms with Gasteiger partial charge in [0, 0.05) is 18.1 Å². The maximum absolute atomic E-state index is 13.1. The number of ether oxygens (including phenoxy) is 1. The van der Waals surface area contributed by atoms with Crippen molar-refractivity contribution < 1.29 is 22.7 Å². The second kappa shape index (κ2) is 7.46. The van der Waals surface area contributed by atoms with Gasteiger partial charge in [-0.1, -0.05) is 11.6 Å². The predicted octanol–water partition coefficient (Wildman–Crippen LogP) is 3.36. The zero-order valence-electron chi connectivity index (χ0n) is 13.4. The van der Waals surface area contributed by atoms with E-state index in [1.165, 1.54) is 24.5 Å². The van der Waals surface area contributed by atoms with Gasteiger partial charge in [0.15, 0.2) is 0 Å². The number of hydrogen-bond acceptors (Lipinski definition) is 5. The Labute approximate surface area is 151 Å². The molecule has 1 N–H and O–H groups in total. The number of nitrogens with zero attached hydrogens (tertiary/aromatic N) is 3. The molecular formula is C16H14ClF3N4O2. The van der Waals surface area contributed by atoms with E-state index in [4.69, 9.17) is 16.3 Å². The van der Waals surface area contributed by atoms with Crippen molar-refractivity contribution in [3.8, 4) is 0 Å². The van der Waals surface area contributed by atoms with Gasteiger partial charge in [-0.3, -0.25) is 4.79 Å². The molecule has 1 amide bonds. The molecule has 2 heterocycles. The third-order valence-corrected chi connectivity index (χ3v) is 3.95. The SMILES string of the molecule is O=C(c1cnc(Nc2ccc(Cl)cc2C(F)(F)F)cn1)N1CCOCC1. The van der Waals surface area contributed by atoms with E-state index in [9.17, 15) is 18.0 Å². The first kappa shape index (κ1) is 18.4. The lowest BCUT2D eigenvalue weighted by molar-refractivity contribution is -0.136. The van der Waals surface area contributed by atoms with Crippen molar-refractivity contribution in [2.75, 3.05) is 31.6 Å². The molecule has 0 spiro atoms. The number of hydrogen-bond donors (Lipinski definition) is 1. The van der Waals surface area contributed by atoms with Crippen LogP contribution in [0, 0.1) is 0 Å². The Morgan fingerprint density at radius 1 is 1.19 bits per heavy atom. The molecule has 1 aromatic heterocycles. The van der Waals surface area contributed by atoms with Gasteiger partial charge in [0.05, 0.1) is 36.9 Å². The zero-order valence-corrected chi connectivity index (χ0v) is 14.1. The second-order valence-electron chi connectivity index (χ2n) is 5.50. The number of nitrogens with one attached hydrogen (secondary N) is 1. The summed E-state index contributed by atoms with van der Waals surface area (Å²) in [6, 6.07) is 3.37. The average Bonchev–Trinajstić information content (AvgIpc) is 2.63. The number of aromatic nitrogens is 2. The zero-order chi connectivity index (χ0) is 18.7. The molecule has 1 aliphatic rings. The monoisotopic (exact) mass is 386 g/mol. The molecule has 138 valence electrons. The Morgan fingerprint density at radius 2 is 1.92 bits per heavy atom. The quantitative estimate of drug-likeness (QED) is 0.876. The van der Waals surface area contributed by atoms with Crippen LogP contribution in [0.4, 0.5) is 24.7 Å². The van der Waals surface area contributed by atoms with Crippen LogP contribution in [-0.2, 0) is 10.9 Å². The fourth-order valence-electron chi connectivity index (χ4n) is 2.43. The molecule has 1 aliphatic heterocycles. The summed E-state index contributed by atoms with van der Waals surface area (Å²) in [6.07, 6.45) is -2.14. The molecule has 0 atom stereocenters. The number of benzene rings is 1. The largest absolute Gasteiger partial charge is 0.418 e. The lowest BCUT2D eigenvalue weighted by Crippen LogP contribution is -2.41. The third kappa shape index (κ3) is 4.23. The number of anilines is 2. The number of rotatable bonds is 3. The van der Waals surface area contributed by atoms with Gasteiger partial charge in [-0.05, 0) is 18.2 Å². The first-order valence-electron chi connectivity index (χ1n) is 7.67. The lowest BCUT2D eigenvalue weighted by Gasteiger charge is -2.26. The van der Waals surface area contributed by atoms with Crippen molar-refractivity contribution in [3.05, 3.63) is 46.9 Å². The molecule has 0 aliphatic carbocycles. The van der Waals surface area contributed by atoms with Crippen molar-refractivity contribution >= 4 is 29.0 Å². The van der Waals surface area contributed by atoms with Crippen molar-refractivity contribution in [1.82, 2.24) is 14.9 Å². The van der Waals surface area contributed by atoms with Crippen LogP contribution in [0.2, 0.25) is 5.02 Å². The Kier molecular flexibility index (Phi) is 5.28. The van der Waals surface area contributed by atoms with Gasteiger partial charge in [-0.15, -0.1) is 0 Å². The van der Waals surface area contributed by atoms with Crippen molar-refractivity contribution in [2.24, 2.45) is 0 Å². The minimum atomic E-state index is -4.58. The van der Waals surface area contributed by atoms with Gasteiger partial charge < -0.3 is 15.0 Å². The molecule has 6 nitrogen and oxygen atoms in total.